The van der Waals surface area contributed by atoms with Gasteiger partial charge in [-0.1, -0.05) is 18.2 Å². The molecule has 0 aliphatic carbocycles. The monoisotopic (exact) mass is 339 g/mol. The fourth-order valence-corrected chi connectivity index (χ4v) is 3.00. The van der Waals surface area contributed by atoms with Crippen LogP contribution in [0.3, 0.4) is 0 Å². The number of ether oxygens (including phenoxy) is 1. The van der Waals surface area contributed by atoms with Crippen molar-refractivity contribution < 1.29 is 9.53 Å². The quantitative estimate of drug-likeness (QED) is 0.719. The topological polar surface area (TPSA) is 63.2 Å². The lowest BCUT2D eigenvalue weighted by Crippen LogP contribution is -2.19. The number of aromatic nitrogens is 1. The Bertz CT molecular complexity index is 846. The Morgan fingerprint density at radius 2 is 1.92 bits per heavy atom. The van der Waals surface area contributed by atoms with Crippen molar-refractivity contribution in [2.24, 2.45) is 0 Å². The third-order valence-corrected chi connectivity index (χ3v) is 4.20. The number of hydrogen-bond donors (Lipinski definition) is 2. The molecule has 0 spiro atoms. The summed E-state index contributed by atoms with van der Waals surface area (Å²) in [6, 6.07) is 14.8. The first-order valence-corrected chi connectivity index (χ1v) is 8.27. The molecule has 122 valence electrons. The maximum Gasteiger partial charge on any atom is 0.325 e. The van der Waals surface area contributed by atoms with Crippen molar-refractivity contribution in [2.45, 2.75) is 6.92 Å². The largest absolute Gasteiger partial charge is 0.496 e. The first-order valence-electron chi connectivity index (χ1n) is 7.39. The van der Waals surface area contributed by atoms with E-state index in [9.17, 15) is 4.79 Å². The molecule has 5 nitrogen and oxygen atoms in total. The summed E-state index contributed by atoms with van der Waals surface area (Å²) < 4.78 is 5.27. The van der Waals surface area contributed by atoms with E-state index in [1.165, 1.54) is 11.3 Å². The number of thiazole rings is 1. The normalized spacial score (nSPS) is 10.2. The van der Waals surface area contributed by atoms with E-state index in [4.69, 9.17) is 4.74 Å². The van der Waals surface area contributed by atoms with E-state index in [1.54, 1.807) is 7.11 Å². The molecule has 0 aliphatic rings. The van der Waals surface area contributed by atoms with Gasteiger partial charge in [-0.2, -0.15) is 0 Å². The van der Waals surface area contributed by atoms with Gasteiger partial charge < -0.3 is 10.1 Å². The SMILES string of the molecule is COc1ccc(-c2csc(NC(=O)Nc3ccccc3)n2)cc1C. The van der Waals surface area contributed by atoms with Crippen LogP contribution in [0.1, 0.15) is 5.56 Å². The first-order chi connectivity index (χ1) is 11.7. The van der Waals surface area contributed by atoms with Crippen molar-refractivity contribution in [3.05, 3.63) is 59.5 Å². The third-order valence-electron chi connectivity index (χ3n) is 3.45. The second-order valence-electron chi connectivity index (χ2n) is 5.17. The Labute approximate surface area is 144 Å². The van der Waals surface area contributed by atoms with Gasteiger partial charge in [0.2, 0.25) is 0 Å². The maximum atomic E-state index is 12.0. The summed E-state index contributed by atoms with van der Waals surface area (Å²) in [6.07, 6.45) is 0. The van der Waals surface area contributed by atoms with E-state index >= 15 is 0 Å². The zero-order valence-electron chi connectivity index (χ0n) is 13.4. The highest BCUT2D eigenvalue weighted by Gasteiger charge is 2.09. The molecule has 0 bridgehead atoms. The summed E-state index contributed by atoms with van der Waals surface area (Å²) in [4.78, 5) is 16.5. The van der Waals surface area contributed by atoms with Gasteiger partial charge in [-0.05, 0) is 42.8 Å². The summed E-state index contributed by atoms with van der Waals surface area (Å²) in [5.74, 6) is 0.842. The molecule has 3 aromatic rings. The molecule has 0 saturated carbocycles. The summed E-state index contributed by atoms with van der Waals surface area (Å²) in [5, 5.41) is 7.98. The van der Waals surface area contributed by atoms with Gasteiger partial charge in [-0.3, -0.25) is 5.32 Å². The number of nitrogens with zero attached hydrogens (tertiary/aromatic N) is 1. The lowest BCUT2D eigenvalue weighted by Gasteiger charge is -2.06. The predicted octanol–water partition coefficient (Wildman–Crippen LogP) is 4.77. The summed E-state index contributed by atoms with van der Waals surface area (Å²) in [6.45, 7) is 1.99. The number of methoxy groups -OCH3 is 1. The minimum atomic E-state index is -0.312. The smallest absolute Gasteiger partial charge is 0.325 e. The van der Waals surface area contributed by atoms with Crippen LogP contribution in [-0.4, -0.2) is 18.1 Å². The van der Waals surface area contributed by atoms with Gasteiger partial charge in [-0.15, -0.1) is 11.3 Å². The Morgan fingerprint density at radius 3 is 2.62 bits per heavy atom. The van der Waals surface area contributed by atoms with Crippen molar-refractivity contribution in [3.8, 4) is 17.0 Å². The first kappa shape index (κ1) is 16.0. The number of benzene rings is 2. The summed E-state index contributed by atoms with van der Waals surface area (Å²) in [5.41, 5.74) is 3.58. The zero-order chi connectivity index (χ0) is 16.9. The van der Waals surface area contributed by atoms with Gasteiger partial charge in [0.25, 0.3) is 0 Å². The molecular weight excluding hydrogens is 322 g/mol. The summed E-state index contributed by atoms with van der Waals surface area (Å²) in [7, 11) is 1.65. The molecule has 24 heavy (non-hydrogen) atoms. The van der Waals surface area contributed by atoms with Crippen LogP contribution >= 0.6 is 11.3 Å². The molecule has 3 rings (SSSR count). The number of amides is 2. The van der Waals surface area contributed by atoms with Crippen LogP contribution in [0.4, 0.5) is 15.6 Å². The number of hydrogen-bond acceptors (Lipinski definition) is 4. The lowest BCUT2D eigenvalue weighted by molar-refractivity contribution is 0.262. The Morgan fingerprint density at radius 1 is 1.12 bits per heavy atom. The number of aryl methyl sites for hydroxylation is 1. The van der Waals surface area contributed by atoms with Crippen LogP contribution < -0.4 is 15.4 Å². The van der Waals surface area contributed by atoms with Crippen LogP contribution in [0.25, 0.3) is 11.3 Å². The molecule has 0 fully saturated rings. The van der Waals surface area contributed by atoms with Crippen molar-refractivity contribution >= 4 is 28.2 Å². The average Bonchev–Trinajstić information content (AvgIpc) is 3.04. The van der Waals surface area contributed by atoms with Gasteiger partial charge >= 0.3 is 6.03 Å². The number of urea groups is 1. The van der Waals surface area contributed by atoms with Crippen LogP contribution in [-0.2, 0) is 0 Å². The molecule has 0 aliphatic heterocycles. The molecule has 0 atom stereocenters. The average molecular weight is 339 g/mol. The Hall–Kier alpha value is -2.86. The molecular formula is C18H17N3O2S. The highest BCUT2D eigenvalue weighted by molar-refractivity contribution is 7.14. The van der Waals surface area contributed by atoms with Crippen LogP contribution in [0, 0.1) is 6.92 Å². The maximum absolute atomic E-state index is 12.0. The van der Waals surface area contributed by atoms with Gasteiger partial charge in [-0.25, -0.2) is 9.78 Å². The van der Waals surface area contributed by atoms with Gasteiger partial charge in [0.15, 0.2) is 5.13 Å². The highest BCUT2D eigenvalue weighted by Crippen LogP contribution is 2.28. The minimum absolute atomic E-state index is 0.312. The molecule has 0 radical (unpaired) electrons. The number of para-hydroxylation sites is 1. The number of nitrogens with one attached hydrogen (secondary N) is 2. The second-order valence-corrected chi connectivity index (χ2v) is 6.03. The number of carbonyl (C=O) groups is 1. The van der Waals surface area contributed by atoms with Gasteiger partial charge in [0.1, 0.15) is 5.75 Å². The van der Waals surface area contributed by atoms with Crippen molar-refractivity contribution in [1.82, 2.24) is 4.98 Å². The van der Waals surface area contributed by atoms with Crippen LogP contribution in [0.5, 0.6) is 5.75 Å². The van der Waals surface area contributed by atoms with E-state index in [1.807, 2.05) is 60.8 Å². The standard InChI is InChI=1S/C18H17N3O2S/c1-12-10-13(8-9-16(12)23-2)15-11-24-18(20-15)21-17(22)19-14-6-4-3-5-7-14/h3-11H,1-2H3,(H2,19,20,21,22). The fraction of sp³-hybridized carbons (Fsp3) is 0.111. The molecule has 2 N–H and O–H groups in total. The predicted molar refractivity (Wildman–Crippen MR) is 97.9 cm³/mol. The molecule has 6 heteroatoms. The molecule has 0 saturated heterocycles. The van der Waals surface area contributed by atoms with E-state index in [0.717, 1.165) is 28.3 Å². The van der Waals surface area contributed by atoms with Crippen LogP contribution in [0.2, 0.25) is 0 Å². The molecule has 0 unspecified atom stereocenters. The number of rotatable bonds is 4. The van der Waals surface area contributed by atoms with Crippen molar-refractivity contribution in [3.63, 3.8) is 0 Å². The molecule has 2 aromatic carbocycles. The van der Waals surface area contributed by atoms with Crippen molar-refractivity contribution in [2.75, 3.05) is 17.7 Å². The van der Waals surface area contributed by atoms with Crippen LogP contribution in [0.15, 0.2) is 53.9 Å². The fourth-order valence-electron chi connectivity index (χ4n) is 2.28. The summed E-state index contributed by atoms with van der Waals surface area (Å²) >= 11 is 1.38. The molecule has 2 amide bonds. The lowest BCUT2D eigenvalue weighted by atomic mass is 10.1. The van der Waals surface area contributed by atoms with Crippen molar-refractivity contribution in [1.29, 1.82) is 0 Å². The van der Waals surface area contributed by atoms with Gasteiger partial charge in [0.05, 0.1) is 12.8 Å². The van der Waals surface area contributed by atoms with Gasteiger partial charge in [0, 0.05) is 16.6 Å². The molecule has 1 aromatic heterocycles. The third kappa shape index (κ3) is 3.72. The second kappa shape index (κ2) is 7.14. The zero-order valence-corrected chi connectivity index (χ0v) is 14.2. The van der Waals surface area contributed by atoms with E-state index in [0.29, 0.717) is 5.13 Å². The van der Waals surface area contributed by atoms with E-state index in [2.05, 4.69) is 15.6 Å². The highest BCUT2D eigenvalue weighted by atomic mass is 32.1. The van der Waals surface area contributed by atoms with E-state index in [-0.39, 0.29) is 6.03 Å². The molecule has 1 heterocycles. The Kier molecular flexibility index (Phi) is 4.77. The number of anilines is 2. The number of carbonyl (C=O) groups excluding carboxylic acids is 1. The van der Waals surface area contributed by atoms with E-state index < -0.39 is 0 Å². The Balaban J connectivity index is 1.69. The minimum Gasteiger partial charge on any atom is -0.496 e.